The van der Waals surface area contributed by atoms with Gasteiger partial charge in [-0.2, -0.15) is 0 Å². The number of nitrogens with zero attached hydrogens (tertiary/aromatic N) is 2. The first-order valence-corrected chi connectivity index (χ1v) is 13.0. The van der Waals surface area contributed by atoms with E-state index in [1.165, 1.54) is 0 Å². The van der Waals surface area contributed by atoms with Crippen molar-refractivity contribution in [2.45, 2.75) is 25.4 Å². The van der Waals surface area contributed by atoms with Crippen molar-refractivity contribution in [1.29, 1.82) is 0 Å². The highest BCUT2D eigenvalue weighted by Gasteiger charge is 2.41. The van der Waals surface area contributed by atoms with Gasteiger partial charge < -0.3 is 24.7 Å². The third-order valence-corrected chi connectivity index (χ3v) is 7.13. The number of thiocarbonyl (C=S) groups is 1. The molecule has 1 fully saturated rings. The molecule has 0 aliphatic carbocycles. The summed E-state index contributed by atoms with van der Waals surface area (Å²) in [6, 6.07) is 22.1. The molecule has 3 heterocycles. The highest BCUT2D eigenvalue weighted by atomic mass is 35.5. The molecule has 1 aliphatic rings. The lowest BCUT2D eigenvalue weighted by Gasteiger charge is -2.26. The average Bonchev–Trinajstić information content (AvgIpc) is 3.54. The maximum absolute atomic E-state index is 12.9. The number of halogens is 1. The summed E-state index contributed by atoms with van der Waals surface area (Å²) < 4.78 is 11.8. The van der Waals surface area contributed by atoms with Gasteiger partial charge in [-0.3, -0.25) is 9.78 Å². The average molecular weight is 547 g/mol. The second-order valence-electron chi connectivity index (χ2n) is 8.98. The van der Waals surface area contributed by atoms with Crippen LogP contribution < -0.4 is 15.4 Å². The standard InChI is InChI=1S/C29H27ClN4O3S/c1-18-10-11-19(30)17-20(18)23-12-13-25(37-23)28-27(22-8-5-6-15-31-22)33-29(38)34(28)16-14-26(35)32-21-7-3-4-9-24(21)36-2/h3-13,15,17,27-28H,14,16H2,1-2H3,(H,32,35)(H,33,38)/t27-,28-/m0/s1. The molecule has 1 aliphatic heterocycles. The smallest absolute Gasteiger partial charge is 0.226 e. The molecule has 0 bridgehead atoms. The molecule has 5 rings (SSSR count). The van der Waals surface area contributed by atoms with Crippen LogP contribution in [0.4, 0.5) is 5.69 Å². The van der Waals surface area contributed by atoms with Crippen molar-refractivity contribution in [2.24, 2.45) is 0 Å². The number of rotatable bonds is 8. The fourth-order valence-electron chi connectivity index (χ4n) is 4.65. The summed E-state index contributed by atoms with van der Waals surface area (Å²) in [5.74, 6) is 1.89. The van der Waals surface area contributed by atoms with Crippen molar-refractivity contribution in [3.8, 4) is 17.1 Å². The summed E-state index contributed by atoms with van der Waals surface area (Å²) in [4.78, 5) is 19.4. The van der Waals surface area contributed by atoms with Crippen molar-refractivity contribution in [2.75, 3.05) is 19.0 Å². The zero-order valence-electron chi connectivity index (χ0n) is 21.0. The quantitative estimate of drug-likeness (QED) is 0.251. The Morgan fingerprint density at radius 1 is 1.16 bits per heavy atom. The van der Waals surface area contributed by atoms with Gasteiger partial charge in [0.15, 0.2) is 5.11 Å². The third-order valence-electron chi connectivity index (χ3n) is 6.54. The molecule has 0 unspecified atom stereocenters. The number of nitrogens with one attached hydrogen (secondary N) is 2. The van der Waals surface area contributed by atoms with E-state index in [4.69, 9.17) is 33.0 Å². The molecule has 7 nitrogen and oxygen atoms in total. The van der Waals surface area contributed by atoms with E-state index in [2.05, 4.69) is 15.6 Å². The lowest BCUT2D eigenvalue weighted by Crippen LogP contribution is -2.32. The van der Waals surface area contributed by atoms with E-state index >= 15 is 0 Å². The lowest BCUT2D eigenvalue weighted by atomic mass is 10.0. The van der Waals surface area contributed by atoms with Crippen LogP contribution in [-0.4, -0.2) is 34.6 Å². The maximum Gasteiger partial charge on any atom is 0.226 e. The van der Waals surface area contributed by atoms with Gasteiger partial charge in [-0.25, -0.2) is 0 Å². The highest BCUT2D eigenvalue weighted by Crippen LogP contribution is 2.41. The minimum Gasteiger partial charge on any atom is -0.495 e. The van der Waals surface area contributed by atoms with Crippen LogP contribution in [0, 0.1) is 6.92 Å². The maximum atomic E-state index is 12.9. The predicted molar refractivity (Wildman–Crippen MR) is 152 cm³/mol. The molecule has 0 spiro atoms. The highest BCUT2D eigenvalue weighted by molar-refractivity contribution is 7.80. The van der Waals surface area contributed by atoms with Crippen LogP contribution in [-0.2, 0) is 4.79 Å². The summed E-state index contributed by atoms with van der Waals surface area (Å²) in [7, 11) is 1.57. The van der Waals surface area contributed by atoms with Gasteiger partial charge in [-0.05, 0) is 73.2 Å². The number of para-hydroxylation sites is 2. The van der Waals surface area contributed by atoms with Crippen molar-refractivity contribution in [3.05, 3.63) is 101 Å². The summed E-state index contributed by atoms with van der Waals surface area (Å²) in [5, 5.41) is 7.50. The van der Waals surface area contributed by atoms with E-state index in [9.17, 15) is 4.79 Å². The molecular weight excluding hydrogens is 520 g/mol. The first-order chi connectivity index (χ1) is 18.4. The molecule has 0 saturated carbocycles. The fourth-order valence-corrected chi connectivity index (χ4v) is 5.16. The Bertz CT molecular complexity index is 1460. The van der Waals surface area contributed by atoms with Crippen molar-refractivity contribution >= 4 is 40.5 Å². The van der Waals surface area contributed by atoms with Crippen LogP contribution in [0.1, 0.15) is 35.5 Å². The molecule has 38 heavy (non-hydrogen) atoms. The molecule has 1 saturated heterocycles. The van der Waals surface area contributed by atoms with Crippen LogP contribution in [0.3, 0.4) is 0 Å². The van der Waals surface area contributed by atoms with Gasteiger partial charge in [0.1, 0.15) is 23.3 Å². The zero-order valence-corrected chi connectivity index (χ0v) is 22.6. The van der Waals surface area contributed by atoms with Gasteiger partial charge in [-0.1, -0.05) is 35.9 Å². The van der Waals surface area contributed by atoms with Gasteiger partial charge in [-0.15, -0.1) is 0 Å². The Balaban J connectivity index is 1.41. The van der Waals surface area contributed by atoms with Crippen molar-refractivity contribution < 1.29 is 13.9 Å². The van der Waals surface area contributed by atoms with Crippen LogP contribution in [0.25, 0.3) is 11.3 Å². The number of hydrogen-bond donors (Lipinski definition) is 2. The number of hydrogen-bond acceptors (Lipinski definition) is 5. The zero-order chi connectivity index (χ0) is 26.6. The second-order valence-corrected chi connectivity index (χ2v) is 9.80. The van der Waals surface area contributed by atoms with E-state index in [-0.39, 0.29) is 24.4 Å². The molecule has 2 aromatic carbocycles. The first-order valence-electron chi connectivity index (χ1n) is 12.2. The normalized spacial score (nSPS) is 16.8. The Labute approximate surface area is 231 Å². The fraction of sp³-hybridized carbons (Fsp3) is 0.207. The second kappa shape index (κ2) is 11.2. The number of aryl methyl sites for hydroxylation is 1. The number of carbonyl (C=O) groups is 1. The Morgan fingerprint density at radius 2 is 1.97 bits per heavy atom. The first kappa shape index (κ1) is 25.8. The monoisotopic (exact) mass is 546 g/mol. The summed E-state index contributed by atoms with van der Waals surface area (Å²) >= 11 is 12.0. The summed E-state index contributed by atoms with van der Waals surface area (Å²) in [6.07, 6.45) is 1.97. The SMILES string of the molecule is COc1ccccc1NC(=O)CCN1C(=S)N[C@@H](c2ccccn2)[C@@H]1c1ccc(-c2cc(Cl)ccc2C)o1. The van der Waals surface area contributed by atoms with Crippen LogP contribution in [0.2, 0.25) is 5.02 Å². The van der Waals surface area contributed by atoms with Gasteiger partial charge in [0.25, 0.3) is 0 Å². The van der Waals surface area contributed by atoms with E-state index in [1.54, 1.807) is 25.4 Å². The number of carbonyl (C=O) groups excluding carboxylic acids is 1. The molecule has 9 heteroatoms. The molecule has 2 atom stereocenters. The molecule has 4 aromatic rings. The number of furan rings is 1. The number of benzene rings is 2. The molecule has 194 valence electrons. The number of ether oxygens (including phenoxy) is 1. The van der Waals surface area contributed by atoms with Gasteiger partial charge in [0.05, 0.1) is 24.5 Å². The Kier molecular flexibility index (Phi) is 7.62. The number of methoxy groups -OCH3 is 1. The molecule has 1 amide bonds. The summed E-state index contributed by atoms with van der Waals surface area (Å²) in [6.45, 7) is 2.40. The van der Waals surface area contributed by atoms with E-state index in [1.807, 2.05) is 72.5 Å². The molecule has 2 N–H and O–H groups in total. The Hall–Kier alpha value is -3.88. The van der Waals surface area contributed by atoms with Gasteiger partial charge in [0, 0.05) is 29.7 Å². The predicted octanol–water partition coefficient (Wildman–Crippen LogP) is 6.31. The topological polar surface area (TPSA) is 79.6 Å². The molecular formula is C29H27ClN4O3S. The van der Waals surface area contributed by atoms with E-state index < -0.39 is 0 Å². The molecule has 2 aromatic heterocycles. The minimum absolute atomic E-state index is 0.146. The van der Waals surface area contributed by atoms with Crippen LogP contribution in [0.5, 0.6) is 5.75 Å². The lowest BCUT2D eigenvalue weighted by molar-refractivity contribution is -0.116. The number of amides is 1. The Morgan fingerprint density at radius 3 is 2.76 bits per heavy atom. The summed E-state index contributed by atoms with van der Waals surface area (Å²) in [5.41, 5.74) is 3.44. The van der Waals surface area contributed by atoms with Crippen molar-refractivity contribution in [1.82, 2.24) is 15.2 Å². The van der Waals surface area contributed by atoms with Gasteiger partial charge in [0.2, 0.25) is 5.91 Å². The van der Waals surface area contributed by atoms with Crippen molar-refractivity contribution in [3.63, 3.8) is 0 Å². The minimum atomic E-state index is -0.301. The number of anilines is 1. The van der Waals surface area contributed by atoms with Crippen LogP contribution >= 0.6 is 23.8 Å². The molecule has 0 radical (unpaired) electrons. The number of pyridine rings is 1. The van der Waals surface area contributed by atoms with Gasteiger partial charge >= 0.3 is 0 Å². The largest absolute Gasteiger partial charge is 0.495 e. The van der Waals surface area contributed by atoms with E-state index in [0.29, 0.717) is 39.6 Å². The third kappa shape index (κ3) is 5.37. The number of aromatic nitrogens is 1. The van der Waals surface area contributed by atoms with E-state index in [0.717, 1.165) is 16.8 Å². The van der Waals surface area contributed by atoms with Crippen LogP contribution in [0.15, 0.2) is 83.4 Å².